The highest BCUT2D eigenvalue weighted by Crippen LogP contribution is 2.21. The summed E-state index contributed by atoms with van der Waals surface area (Å²) >= 11 is 0. The first-order valence-electron chi connectivity index (χ1n) is 6.36. The van der Waals surface area contributed by atoms with Gasteiger partial charge in [0, 0.05) is 25.9 Å². The molecule has 1 saturated heterocycles. The molecule has 1 aliphatic rings. The highest BCUT2D eigenvalue weighted by atomic mass is 16.5. The zero-order valence-corrected chi connectivity index (χ0v) is 10.8. The lowest BCUT2D eigenvalue weighted by Crippen LogP contribution is -2.37. The summed E-state index contributed by atoms with van der Waals surface area (Å²) in [5.74, 6) is 0.120. The number of rotatable bonds is 3. The monoisotopic (exact) mass is 248 g/mol. The van der Waals surface area contributed by atoms with Gasteiger partial charge in [0.2, 0.25) is 5.91 Å². The molecule has 0 aliphatic carbocycles. The van der Waals surface area contributed by atoms with E-state index < -0.39 is 0 Å². The largest absolute Gasteiger partial charge is 0.381 e. The van der Waals surface area contributed by atoms with Gasteiger partial charge in [0.15, 0.2) is 0 Å². The lowest BCUT2D eigenvalue weighted by Gasteiger charge is -2.26. The number of amides is 1. The van der Waals surface area contributed by atoms with Crippen molar-refractivity contribution in [3.8, 4) is 0 Å². The predicted molar refractivity (Wildman–Crippen MR) is 71.3 cm³/mol. The summed E-state index contributed by atoms with van der Waals surface area (Å²) in [6.45, 7) is 1.80. The Balaban J connectivity index is 2.09. The maximum atomic E-state index is 12.3. The molecule has 1 aromatic rings. The number of hydrogen-bond donors (Lipinski definition) is 1. The molecule has 2 N–H and O–H groups in total. The van der Waals surface area contributed by atoms with Gasteiger partial charge >= 0.3 is 0 Å². The molecule has 1 unspecified atom stereocenters. The van der Waals surface area contributed by atoms with Gasteiger partial charge in [-0.15, -0.1) is 0 Å². The predicted octanol–water partition coefficient (Wildman–Crippen LogP) is 1.53. The molecule has 0 bridgehead atoms. The van der Waals surface area contributed by atoms with Crippen molar-refractivity contribution in [2.75, 3.05) is 25.2 Å². The zero-order valence-electron chi connectivity index (χ0n) is 10.8. The molecule has 2 rings (SSSR count). The van der Waals surface area contributed by atoms with E-state index in [1.54, 1.807) is 4.90 Å². The molecular weight excluding hydrogens is 228 g/mol. The van der Waals surface area contributed by atoms with E-state index in [-0.39, 0.29) is 11.8 Å². The fourth-order valence-corrected chi connectivity index (χ4v) is 2.23. The van der Waals surface area contributed by atoms with Gasteiger partial charge in [-0.05, 0) is 30.5 Å². The summed E-state index contributed by atoms with van der Waals surface area (Å²) in [6.07, 6.45) is 1.88. The first kappa shape index (κ1) is 13.1. The minimum atomic E-state index is -0.00900. The molecule has 1 aliphatic heterocycles. The van der Waals surface area contributed by atoms with Crippen LogP contribution in [-0.2, 0) is 16.1 Å². The number of anilines is 1. The van der Waals surface area contributed by atoms with E-state index in [1.807, 2.05) is 31.3 Å². The SMILES string of the molecule is CN(C(=O)C1CCCOC1)c1cccc(CN)c1. The lowest BCUT2D eigenvalue weighted by atomic mass is 10.0. The number of ether oxygens (including phenoxy) is 1. The second kappa shape index (κ2) is 5.98. The van der Waals surface area contributed by atoms with Gasteiger partial charge in [-0.3, -0.25) is 4.79 Å². The number of nitrogens with zero attached hydrogens (tertiary/aromatic N) is 1. The van der Waals surface area contributed by atoms with Crippen molar-refractivity contribution in [3.05, 3.63) is 29.8 Å². The fraction of sp³-hybridized carbons (Fsp3) is 0.500. The number of nitrogens with two attached hydrogens (primary N) is 1. The topological polar surface area (TPSA) is 55.6 Å². The minimum Gasteiger partial charge on any atom is -0.381 e. The van der Waals surface area contributed by atoms with Crippen molar-refractivity contribution < 1.29 is 9.53 Å². The smallest absolute Gasteiger partial charge is 0.232 e. The quantitative estimate of drug-likeness (QED) is 0.882. The molecule has 1 fully saturated rings. The summed E-state index contributed by atoms with van der Waals surface area (Å²) in [6, 6.07) is 7.78. The number of hydrogen-bond acceptors (Lipinski definition) is 3. The van der Waals surface area contributed by atoms with Crippen LogP contribution >= 0.6 is 0 Å². The first-order valence-corrected chi connectivity index (χ1v) is 6.36. The Labute approximate surface area is 108 Å². The van der Waals surface area contributed by atoms with Crippen LogP contribution in [0.15, 0.2) is 24.3 Å². The molecule has 18 heavy (non-hydrogen) atoms. The molecule has 4 heteroatoms. The molecule has 0 saturated carbocycles. The number of carbonyl (C=O) groups excluding carboxylic acids is 1. The van der Waals surface area contributed by atoms with E-state index in [9.17, 15) is 4.79 Å². The van der Waals surface area contributed by atoms with Crippen LogP contribution in [0.25, 0.3) is 0 Å². The Kier molecular flexibility index (Phi) is 4.33. The molecule has 1 heterocycles. The second-order valence-corrected chi connectivity index (χ2v) is 4.69. The third-order valence-corrected chi connectivity index (χ3v) is 3.37. The summed E-state index contributed by atoms with van der Waals surface area (Å²) in [5.41, 5.74) is 7.55. The van der Waals surface area contributed by atoms with Gasteiger partial charge in [0.1, 0.15) is 0 Å². The molecule has 4 nitrogen and oxygen atoms in total. The van der Waals surface area contributed by atoms with E-state index in [4.69, 9.17) is 10.5 Å². The van der Waals surface area contributed by atoms with Gasteiger partial charge in [-0.1, -0.05) is 12.1 Å². The number of benzene rings is 1. The van der Waals surface area contributed by atoms with Crippen LogP contribution in [0.1, 0.15) is 18.4 Å². The average Bonchev–Trinajstić information content (AvgIpc) is 2.46. The van der Waals surface area contributed by atoms with Crippen molar-refractivity contribution in [2.24, 2.45) is 11.7 Å². The van der Waals surface area contributed by atoms with E-state index >= 15 is 0 Å². The van der Waals surface area contributed by atoms with Crippen LogP contribution in [-0.4, -0.2) is 26.2 Å². The second-order valence-electron chi connectivity index (χ2n) is 4.69. The highest BCUT2D eigenvalue weighted by molar-refractivity contribution is 5.94. The maximum Gasteiger partial charge on any atom is 0.232 e. The maximum absolute atomic E-state index is 12.3. The molecule has 0 radical (unpaired) electrons. The van der Waals surface area contributed by atoms with Crippen LogP contribution < -0.4 is 10.6 Å². The van der Waals surface area contributed by atoms with Gasteiger partial charge in [-0.25, -0.2) is 0 Å². The molecule has 98 valence electrons. The van der Waals surface area contributed by atoms with Crippen LogP contribution in [0.2, 0.25) is 0 Å². The van der Waals surface area contributed by atoms with Gasteiger partial charge in [0.25, 0.3) is 0 Å². The van der Waals surface area contributed by atoms with E-state index in [2.05, 4.69) is 0 Å². The molecule has 0 spiro atoms. The Hall–Kier alpha value is -1.39. The van der Waals surface area contributed by atoms with Crippen LogP contribution in [0.4, 0.5) is 5.69 Å². The summed E-state index contributed by atoms with van der Waals surface area (Å²) < 4.78 is 5.37. The molecular formula is C14H20N2O2. The molecule has 1 amide bonds. The van der Waals surface area contributed by atoms with Gasteiger partial charge in [-0.2, -0.15) is 0 Å². The van der Waals surface area contributed by atoms with Crippen LogP contribution in [0, 0.1) is 5.92 Å². The van der Waals surface area contributed by atoms with E-state index in [1.165, 1.54) is 0 Å². The normalized spacial score (nSPS) is 19.6. The Morgan fingerprint density at radius 1 is 1.56 bits per heavy atom. The zero-order chi connectivity index (χ0) is 13.0. The van der Waals surface area contributed by atoms with Crippen LogP contribution in [0.3, 0.4) is 0 Å². The fourth-order valence-electron chi connectivity index (χ4n) is 2.23. The Bertz CT molecular complexity index is 414. The van der Waals surface area contributed by atoms with Crippen molar-refractivity contribution >= 4 is 11.6 Å². The van der Waals surface area contributed by atoms with Gasteiger partial charge < -0.3 is 15.4 Å². The summed E-state index contributed by atoms with van der Waals surface area (Å²) in [7, 11) is 1.81. The third kappa shape index (κ3) is 2.89. The van der Waals surface area contributed by atoms with Gasteiger partial charge in [0.05, 0.1) is 12.5 Å². The highest BCUT2D eigenvalue weighted by Gasteiger charge is 2.25. The average molecular weight is 248 g/mol. The van der Waals surface area contributed by atoms with Crippen molar-refractivity contribution in [3.63, 3.8) is 0 Å². The van der Waals surface area contributed by atoms with E-state index in [0.717, 1.165) is 30.7 Å². The molecule has 1 atom stereocenters. The first-order chi connectivity index (χ1) is 8.72. The minimum absolute atomic E-state index is 0.00900. The Morgan fingerprint density at radius 3 is 3.06 bits per heavy atom. The Morgan fingerprint density at radius 2 is 2.39 bits per heavy atom. The molecule has 1 aromatic carbocycles. The summed E-state index contributed by atoms with van der Waals surface area (Å²) in [5, 5.41) is 0. The van der Waals surface area contributed by atoms with Crippen molar-refractivity contribution in [2.45, 2.75) is 19.4 Å². The summed E-state index contributed by atoms with van der Waals surface area (Å²) in [4.78, 5) is 14.0. The van der Waals surface area contributed by atoms with Crippen molar-refractivity contribution in [1.29, 1.82) is 0 Å². The van der Waals surface area contributed by atoms with Crippen molar-refractivity contribution in [1.82, 2.24) is 0 Å². The molecule has 0 aromatic heterocycles. The van der Waals surface area contributed by atoms with Crippen LogP contribution in [0.5, 0.6) is 0 Å². The van der Waals surface area contributed by atoms with E-state index in [0.29, 0.717) is 13.2 Å². The third-order valence-electron chi connectivity index (χ3n) is 3.37. The number of carbonyl (C=O) groups is 1. The lowest BCUT2D eigenvalue weighted by molar-refractivity contribution is -0.125. The standard InChI is InChI=1S/C14H20N2O2/c1-16(13-6-2-4-11(8-13)9-15)14(17)12-5-3-7-18-10-12/h2,4,6,8,12H,3,5,7,9-10,15H2,1H3.